The summed E-state index contributed by atoms with van der Waals surface area (Å²) < 4.78 is 7.49. The molecule has 1 aromatic heterocycles. The number of carbonyl (C=O) groups excluding carboxylic acids is 1. The highest BCUT2D eigenvalue weighted by Crippen LogP contribution is 2.43. The molecule has 1 atom stereocenters. The van der Waals surface area contributed by atoms with Gasteiger partial charge in [-0.05, 0) is 30.9 Å². The molecule has 5 heteroatoms. The van der Waals surface area contributed by atoms with E-state index in [2.05, 4.69) is 40.7 Å². The lowest BCUT2D eigenvalue weighted by atomic mass is 9.68. The maximum atomic E-state index is 11.8. The number of hydrogen-bond donors (Lipinski definition) is 1. The van der Waals surface area contributed by atoms with Crippen molar-refractivity contribution in [1.82, 2.24) is 4.98 Å². The van der Waals surface area contributed by atoms with Crippen molar-refractivity contribution >= 4 is 22.6 Å². The zero-order valence-corrected chi connectivity index (χ0v) is 16.6. The average molecular weight is 370 g/mol. The number of esters is 1. The Morgan fingerprint density at radius 3 is 2.81 bits per heavy atom. The molecule has 146 valence electrons. The summed E-state index contributed by atoms with van der Waals surface area (Å²) in [6.45, 7) is 4.49. The monoisotopic (exact) mass is 370 g/mol. The van der Waals surface area contributed by atoms with E-state index in [9.17, 15) is 4.79 Å². The standard InChI is InChI=1S/C21H26N2O2.CH3O/c1-3-21(12-9-18(24)25-2)11-6-13-23-14-10-16-15-7-4-5-8-17(15)22-19(16)20(21)23;1-2/h4-5,7-8H,3,6,9-14H2,1-2H3;1H3/q;-1/p+1/t21-;/m1./s1. The highest BCUT2D eigenvalue weighted by Gasteiger charge is 2.47. The molecule has 2 aliphatic rings. The van der Waals surface area contributed by atoms with Gasteiger partial charge in [-0.1, -0.05) is 25.1 Å². The molecule has 2 aliphatic heterocycles. The van der Waals surface area contributed by atoms with Crippen molar-refractivity contribution in [3.05, 3.63) is 35.5 Å². The molecule has 0 fully saturated rings. The lowest BCUT2D eigenvalue weighted by molar-refractivity contribution is -0.538. The van der Waals surface area contributed by atoms with Gasteiger partial charge < -0.3 is 14.8 Å². The minimum atomic E-state index is -0.0989. The normalized spacial score (nSPS) is 21.2. The summed E-state index contributed by atoms with van der Waals surface area (Å²) in [6, 6.07) is 8.62. The smallest absolute Gasteiger partial charge is 0.305 e. The number of benzene rings is 1. The van der Waals surface area contributed by atoms with Crippen molar-refractivity contribution in [1.29, 1.82) is 0 Å². The Hall–Kier alpha value is -2.14. The summed E-state index contributed by atoms with van der Waals surface area (Å²) in [5.41, 5.74) is 5.52. The highest BCUT2D eigenvalue weighted by atomic mass is 16.5. The number of nitrogens with zero attached hydrogens (tertiary/aromatic N) is 1. The number of carbonyl (C=O) groups is 1. The van der Waals surface area contributed by atoms with E-state index in [0.717, 1.165) is 45.9 Å². The van der Waals surface area contributed by atoms with Crippen molar-refractivity contribution in [2.24, 2.45) is 5.41 Å². The molecule has 3 heterocycles. The third-order valence-corrected chi connectivity index (χ3v) is 6.30. The fourth-order valence-electron chi connectivity index (χ4n) is 4.94. The van der Waals surface area contributed by atoms with Crippen LogP contribution >= 0.6 is 0 Å². The lowest BCUT2D eigenvalue weighted by Crippen LogP contribution is -2.46. The third-order valence-electron chi connectivity index (χ3n) is 6.30. The van der Waals surface area contributed by atoms with E-state index in [1.165, 1.54) is 41.4 Å². The quantitative estimate of drug-likeness (QED) is 0.664. The van der Waals surface area contributed by atoms with Crippen molar-refractivity contribution in [2.75, 3.05) is 27.3 Å². The van der Waals surface area contributed by atoms with Crippen LogP contribution in [-0.2, 0) is 16.0 Å². The second-order valence-corrected chi connectivity index (χ2v) is 7.42. The van der Waals surface area contributed by atoms with Crippen LogP contribution in [0.2, 0.25) is 0 Å². The van der Waals surface area contributed by atoms with Gasteiger partial charge in [-0.2, -0.15) is 7.11 Å². The second kappa shape index (κ2) is 8.26. The minimum Gasteiger partial charge on any atom is -0.857 e. The summed E-state index contributed by atoms with van der Waals surface area (Å²) in [5.74, 6) is -0.0989. The minimum absolute atomic E-state index is 0.0719. The largest absolute Gasteiger partial charge is 0.857 e. The molecule has 2 aromatic rings. The van der Waals surface area contributed by atoms with Crippen LogP contribution in [0.1, 0.15) is 50.3 Å². The first-order valence-electron chi connectivity index (χ1n) is 9.88. The number of fused-ring (bicyclic) bond motifs is 4. The topological polar surface area (TPSA) is 68.2 Å². The molecular formula is C22H30N2O3. The van der Waals surface area contributed by atoms with E-state index in [-0.39, 0.29) is 11.4 Å². The number of aromatic amines is 1. The molecule has 0 bridgehead atoms. The fraction of sp³-hybridized carbons (Fsp3) is 0.545. The molecule has 4 rings (SSSR count). The van der Waals surface area contributed by atoms with Crippen LogP contribution in [0.4, 0.5) is 0 Å². The van der Waals surface area contributed by atoms with Gasteiger partial charge in [-0.25, -0.2) is 4.58 Å². The Morgan fingerprint density at radius 1 is 1.30 bits per heavy atom. The summed E-state index contributed by atoms with van der Waals surface area (Å²) in [4.78, 5) is 15.5. The highest BCUT2D eigenvalue weighted by molar-refractivity contribution is 6.06. The Bertz CT molecular complexity index is 852. The Morgan fingerprint density at radius 2 is 2.07 bits per heavy atom. The molecule has 0 amide bonds. The predicted molar refractivity (Wildman–Crippen MR) is 105 cm³/mol. The van der Waals surface area contributed by atoms with E-state index in [1.807, 2.05) is 0 Å². The second-order valence-electron chi connectivity index (χ2n) is 7.42. The zero-order chi connectivity index (χ0) is 19.4. The SMILES string of the molecule is CC[C@]1(CCC(=O)OC)CCC[N+]2=C1c1[nH]c3ccccc3c1CC2.C[O-]. The number of H-pyrrole nitrogens is 1. The third kappa shape index (κ3) is 3.41. The summed E-state index contributed by atoms with van der Waals surface area (Å²) >= 11 is 0. The van der Waals surface area contributed by atoms with Gasteiger partial charge in [0.2, 0.25) is 5.71 Å². The van der Waals surface area contributed by atoms with Crippen LogP contribution in [0.5, 0.6) is 0 Å². The van der Waals surface area contributed by atoms with Gasteiger partial charge in [0, 0.05) is 30.2 Å². The van der Waals surface area contributed by atoms with E-state index >= 15 is 0 Å². The maximum absolute atomic E-state index is 11.8. The summed E-state index contributed by atoms with van der Waals surface area (Å²) in [5, 5.41) is 9.60. The van der Waals surface area contributed by atoms with Crippen LogP contribution in [0, 0.1) is 5.41 Å². The molecule has 1 N–H and O–H groups in total. The number of methoxy groups -OCH3 is 1. The molecule has 5 nitrogen and oxygen atoms in total. The molecule has 0 saturated carbocycles. The van der Waals surface area contributed by atoms with Crippen molar-refractivity contribution in [3.8, 4) is 0 Å². The van der Waals surface area contributed by atoms with E-state index in [4.69, 9.17) is 9.84 Å². The number of hydrogen-bond acceptors (Lipinski definition) is 3. The Kier molecular flexibility index (Phi) is 6.00. The van der Waals surface area contributed by atoms with Crippen LogP contribution in [0.3, 0.4) is 0 Å². The van der Waals surface area contributed by atoms with Gasteiger partial charge in [-0.15, -0.1) is 0 Å². The van der Waals surface area contributed by atoms with E-state index in [0.29, 0.717) is 6.42 Å². The first-order valence-corrected chi connectivity index (χ1v) is 9.88. The van der Waals surface area contributed by atoms with Gasteiger partial charge >= 0.3 is 5.97 Å². The number of nitrogens with one attached hydrogen (secondary N) is 1. The Labute approximate surface area is 161 Å². The van der Waals surface area contributed by atoms with Crippen molar-refractivity contribution in [2.45, 2.75) is 45.4 Å². The first-order chi connectivity index (χ1) is 13.2. The Balaban J connectivity index is 0.00000102. The maximum Gasteiger partial charge on any atom is 0.305 e. The van der Waals surface area contributed by atoms with Gasteiger partial charge in [-0.3, -0.25) is 4.79 Å². The number of para-hydroxylation sites is 1. The van der Waals surface area contributed by atoms with Gasteiger partial charge in [0.25, 0.3) is 0 Å². The van der Waals surface area contributed by atoms with E-state index < -0.39 is 0 Å². The van der Waals surface area contributed by atoms with Crippen LogP contribution in [-0.4, -0.2) is 48.5 Å². The van der Waals surface area contributed by atoms with E-state index in [1.54, 1.807) is 0 Å². The molecule has 27 heavy (non-hydrogen) atoms. The molecular weight excluding hydrogens is 340 g/mol. The molecule has 0 saturated heterocycles. The summed E-state index contributed by atoms with van der Waals surface area (Å²) in [6.07, 6.45) is 5.88. The van der Waals surface area contributed by atoms with Crippen LogP contribution in [0.15, 0.2) is 24.3 Å². The molecule has 0 spiro atoms. The number of ether oxygens (including phenoxy) is 1. The van der Waals surface area contributed by atoms with Crippen LogP contribution in [0.25, 0.3) is 10.9 Å². The fourth-order valence-corrected chi connectivity index (χ4v) is 4.94. The average Bonchev–Trinajstić information content (AvgIpc) is 3.12. The first kappa shape index (κ1) is 19.6. The molecule has 0 unspecified atom stereocenters. The number of rotatable bonds is 4. The van der Waals surface area contributed by atoms with Crippen LogP contribution < -0.4 is 5.11 Å². The predicted octanol–water partition coefficient (Wildman–Crippen LogP) is 2.65. The number of aromatic nitrogens is 1. The van der Waals surface area contributed by atoms with Crippen molar-refractivity contribution < 1.29 is 19.2 Å². The molecule has 1 aromatic carbocycles. The summed E-state index contributed by atoms with van der Waals surface area (Å²) in [7, 11) is 2.23. The molecule has 0 aliphatic carbocycles. The van der Waals surface area contributed by atoms with Gasteiger partial charge in [0.15, 0.2) is 0 Å². The van der Waals surface area contributed by atoms with Gasteiger partial charge in [0.05, 0.1) is 12.5 Å². The van der Waals surface area contributed by atoms with Crippen molar-refractivity contribution in [3.63, 3.8) is 0 Å². The molecule has 0 radical (unpaired) electrons. The zero-order valence-electron chi connectivity index (χ0n) is 16.6. The lowest BCUT2D eigenvalue weighted by Gasteiger charge is -2.37. The van der Waals surface area contributed by atoms with Gasteiger partial charge in [0.1, 0.15) is 18.8 Å².